The molecule has 2 N–H and O–H groups in total. The first-order chi connectivity index (χ1) is 7.33. The first-order valence-electron chi connectivity index (χ1n) is 4.23. The van der Waals surface area contributed by atoms with Gasteiger partial charge in [0.2, 0.25) is 0 Å². The van der Waals surface area contributed by atoms with Gasteiger partial charge in [0.1, 0.15) is 12.2 Å². The number of hydrogen-bond donors (Lipinski definition) is 2. The quantitative estimate of drug-likeness (QED) is 0.737. The summed E-state index contributed by atoms with van der Waals surface area (Å²) in [6.45, 7) is -0.303. The maximum atomic E-state index is 11.9. The lowest BCUT2D eigenvalue weighted by Crippen LogP contribution is -2.37. The summed E-state index contributed by atoms with van der Waals surface area (Å²) in [4.78, 5) is 3.73. The highest BCUT2D eigenvalue weighted by molar-refractivity contribution is 7.90. The van der Waals surface area contributed by atoms with Gasteiger partial charge in [0, 0.05) is 13.0 Å². The Morgan fingerprint density at radius 2 is 2.12 bits per heavy atom. The van der Waals surface area contributed by atoms with Gasteiger partial charge in [-0.1, -0.05) is 0 Å². The van der Waals surface area contributed by atoms with Crippen LogP contribution in [0.25, 0.3) is 0 Å². The average molecular weight is 258 g/mol. The molecule has 0 unspecified atom stereocenters. The number of rotatable bonds is 5. The Balaban J connectivity index is 2.31. The molecule has 1 aromatic rings. The molecule has 0 radical (unpaired) electrons. The van der Waals surface area contributed by atoms with Crippen LogP contribution in [-0.4, -0.2) is 35.7 Å². The summed E-state index contributed by atoms with van der Waals surface area (Å²) in [7, 11) is -5.24. The maximum absolute atomic E-state index is 11.9. The second-order valence-electron chi connectivity index (χ2n) is 2.88. The molecule has 0 saturated carbocycles. The van der Waals surface area contributed by atoms with Crippen molar-refractivity contribution in [2.24, 2.45) is 0 Å². The van der Waals surface area contributed by atoms with E-state index in [0.717, 1.165) is 0 Å². The van der Waals surface area contributed by atoms with Crippen LogP contribution in [0.1, 0.15) is 12.2 Å². The second kappa shape index (κ2) is 4.78. The fourth-order valence-electron chi connectivity index (χ4n) is 0.895. The van der Waals surface area contributed by atoms with E-state index in [1.807, 2.05) is 0 Å². The van der Waals surface area contributed by atoms with Crippen molar-refractivity contribution < 1.29 is 21.6 Å². The fourth-order valence-corrected chi connectivity index (χ4v) is 1.47. The number of aromatic nitrogens is 3. The van der Waals surface area contributed by atoms with E-state index in [4.69, 9.17) is 0 Å². The lowest BCUT2D eigenvalue weighted by Gasteiger charge is -2.08. The summed E-state index contributed by atoms with van der Waals surface area (Å²) in [5.74, 6) is 0.492. The van der Waals surface area contributed by atoms with Crippen molar-refractivity contribution in [1.82, 2.24) is 19.9 Å². The third-order valence-electron chi connectivity index (χ3n) is 1.65. The van der Waals surface area contributed by atoms with Crippen LogP contribution in [0, 0.1) is 0 Å². The molecule has 0 fully saturated rings. The number of H-pyrrole nitrogens is 1. The number of hydrogen-bond acceptors (Lipinski definition) is 4. The zero-order chi connectivity index (χ0) is 12.2. The number of aromatic amines is 1. The molecular weight excluding hydrogens is 249 g/mol. The van der Waals surface area contributed by atoms with E-state index in [-0.39, 0.29) is 13.0 Å². The minimum absolute atomic E-state index is 0.199. The Labute approximate surface area is 89.3 Å². The molecule has 1 rings (SSSR count). The van der Waals surface area contributed by atoms with Crippen molar-refractivity contribution in [3.8, 4) is 0 Å². The molecule has 0 atom stereocenters. The second-order valence-corrected chi connectivity index (χ2v) is 4.64. The Hall–Kier alpha value is -1.16. The summed E-state index contributed by atoms with van der Waals surface area (Å²) in [5, 5.41) is 6.04. The topological polar surface area (TPSA) is 87.7 Å². The zero-order valence-electron chi connectivity index (χ0n) is 7.95. The molecule has 92 valence electrons. The molecule has 0 amide bonds. The van der Waals surface area contributed by atoms with Gasteiger partial charge in [-0.25, -0.2) is 18.1 Å². The molecule has 10 heteroatoms. The van der Waals surface area contributed by atoms with Gasteiger partial charge in [-0.05, 0) is 6.42 Å². The Bertz CT molecular complexity index is 413. The molecule has 0 aromatic carbocycles. The third kappa shape index (κ3) is 3.45. The molecule has 0 aliphatic heterocycles. The van der Waals surface area contributed by atoms with Gasteiger partial charge in [0.15, 0.2) is 0 Å². The van der Waals surface area contributed by atoms with E-state index in [1.54, 1.807) is 0 Å². The Morgan fingerprint density at radius 1 is 1.44 bits per heavy atom. The van der Waals surface area contributed by atoms with Gasteiger partial charge in [-0.15, -0.1) is 0 Å². The molecule has 16 heavy (non-hydrogen) atoms. The molecule has 0 saturated heterocycles. The monoisotopic (exact) mass is 258 g/mol. The lowest BCUT2D eigenvalue weighted by atomic mass is 10.3. The molecule has 0 bridgehead atoms. The smallest absolute Gasteiger partial charge is 0.263 e. The van der Waals surface area contributed by atoms with Crippen molar-refractivity contribution in [3.05, 3.63) is 12.2 Å². The van der Waals surface area contributed by atoms with Crippen LogP contribution in [0.3, 0.4) is 0 Å². The van der Waals surface area contributed by atoms with Crippen LogP contribution in [0.15, 0.2) is 6.33 Å². The van der Waals surface area contributed by atoms with E-state index in [9.17, 15) is 21.6 Å². The lowest BCUT2D eigenvalue weighted by molar-refractivity contribution is -0.0447. The average Bonchev–Trinajstić information content (AvgIpc) is 2.63. The standard InChI is InChI=1S/C6H9F3N4O2S/c7-6(8,9)16(14,15)12-3-1-2-5-10-4-11-13-5/h4,12H,1-3H2,(H,10,11,13). The molecule has 1 aromatic heterocycles. The first-order valence-corrected chi connectivity index (χ1v) is 5.71. The summed E-state index contributed by atoms with van der Waals surface area (Å²) in [6, 6.07) is 0. The summed E-state index contributed by atoms with van der Waals surface area (Å²) in [6.07, 6.45) is 1.78. The number of aryl methyl sites for hydroxylation is 1. The maximum Gasteiger partial charge on any atom is 0.511 e. The van der Waals surface area contributed by atoms with E-state index in [1.165, 1.54) is 11.0 Å². The van der Waals surface area contributed by atoms with E-state index in [2.05, 4.69) is 15.2 Å². The number of halogens is 3. The minimum atomic E-state index is -5.26. The van der Waals surface area contributed by atoms with Gasteiger partial charge >= 0.3 is 15.5 Å². The molecule has 6 nitrogen and oxygen atoms in total. The number of nitrogens with one attached hydrogen (secondary N) is 2. The number of sulfonamides is 1. The van der Waals surface area contributed by atoms with E-state index < -0.39 is 15.5 Å². The number of alkyl halides is 3. The Morgan fingerprint density at radius 3 is 2.62 bits per heavy atom. The van der Waals surface area contributed by atoms with Gasteiger partial charge in [0.05, 0.1) is 0 Å². The van der Waals surface area contributed by atoms with Crippen molar-refractivity contribution in [2.45, 2.75) is 18.3 Å². The van der Waals surface area contributed by atoms with Crippen molar-refractivity contribution in [1.29, 1.82) is 0 Å². The van der Waals surface area contributed by atoms with E-state index in [0.29, 0.717) is 12.2 Å². The van der Waals surface area contributed by atoms with Gasteiger partial charge < -0.3 is 0 Å². The summed E-state index contributed by atoms with van der Waals surface area (Å²) < 4.78 is 58.1. The molecule has 0 aliphatic carbocycles. The Kier molecular flexibility index (Phi) is 3.86. The van der Waals surface area contributed by atoms with Crippen LogP contribution in [-0.2, 0) is 16.4 Å². The fraction of sp³-hybridized carbons (Fsp3) is 0.667. The first kappa shape index (κ1) is 12.9. The molecule has 0 spiro atoms. The van der Waals surface area contributed by atoms with Crippen molar-refractivity contribution >= 4 is 10.0 Å². The largest absolute Gasteiger partial charge is 0.511 e. The van der Waals surface area contributed by atoms with Gasteiger partial charge in [0.25, 0.3) is 0 Å². The SMILES string of the molecule is O=S(=O)(NCCCc1ncn[nH]1)C(F)(F)F. The van der Waals surface area contributed by atoms with Crippen LogP contribution in [0.5, 0.6) is 0 Å². The zero-order valence-corrected chi connectivity index (χ0v) is 8.77. The highest BCUT2D eigenvalue weighted by Gasteiger charge is 2.45. The number of nitrogens with zero attached hydrogens (tertiary/aromatic N) is 2. The van der Waals surface area contributed by atoms with Crippen LogP contribution < -0.4 is 4.72 Å². The molecular formula is C6H9F3N4O2S. The summed E-state index contributed by atoms with van der Waals surface area (Å²) in [5.41, 5.74) is -5.26. The highest BCUT2D eigenvalue weighted by Crippen LogP contribution is 2.21. The van der Waals surface area contributed by atoms with Gasteiger partial charge in [-0.2, -0.15) is 18.3 Å². The summed E-state index contributed by atoms with van der Waals surface area (Å²) >= 11 is 0. The van der Waals surface area contributed by atoms with E-state index >= 15 is 0 Å². The van der Waals surface area contributed by atoms with Crippen molar-refractivity contribution in [2.75, 3.05) is 6.54 Å². The van der Waals surface area contributed by atoms with Gasteiger partial charge in [-0.3, -0.25) is 5.10 Å². The predicted molar refractivity (Wildman–Crippen MR) is 47.7 cm³/mol. The minimum Gasteiger partial charge on any atom is -0.263 e. The van der Waals surface area contributed by atoms with Crippen LogP contribution >= 0.6 is 0 Å². The van der Waals surface area contributed by atoms with Crippen molar-refractivity contribution in [3.63, 3.8) is 0 Å². The predicted octanol–water partition coefficient (Wildman–Crippen LogP) is 0.176. The van der Waals surface area contributed by atoms with Crippen LogP contribution in [0.2, 0.25) is 0 Å². The normalized spacial score (nSPS) is 12.9. The van der Waals surface area contributed by atoms with Crippen LogP contribution in [0.4, 0.5) is 13.2 Å². The molecule has 1 heterocycles. The molecule has 0 aliphatic rings. The highest BCUT2D eigenvalue weighted by atomic mass is 32.2. The third-order valence-corrected chi connectivity index (χ3v) is 2.85.